The van der Waals surface area contributed by atoms with Gasteiger partial charge in [0, 0.05) is 0 Å². The molecule has 0 saturated carbocycles. The molecule has 0 N–H and O–H groups in total. The first-order valence-electron chi connectivity index (χ1n) is 10.8. The Balaban J connectivity index is 1.99. The van der Waals surface area contributed by atoms with Gasteiger partial charge >= 0.3 is 0 Å². The Hall–Kier alpha value is -2.69. The van der Waals surface area contributed by atoms with Gasteiger partial charge in [-0.3, -0.25) is 0 Å². The highest BCUT2D eigenvalue weighted by Gasteiger charge is 2.50. The van der Waals surface area contributed by atoms with Crippen molar-refractivity contribution in [3.63, 3.8) is 0 Å². The molecule has 0 amide bonds. The second-order valence-electron chi connectivity index (χ2n) is 8.23. The Kier molecular flexibility index (Phi) is 6.16. The van der Waals surface area contributed by atoms with Gasteiger partial charge < -0.3 is 0 Å². The maximum atomic E-state index is 2.42. The van der Waals surface area contributed by atoms with Crippen molar-refractivity contribution in [2.45, 2.75) is 32.3 Å². The molecule has 0 bridgehead atoms. The summed E-state index contributed by atoms with van der Waals surface area (Å²) in [6, 6.07) is 42.8. The second-order valence-corrected chi connectivity index (χ2v) is 12.0. The summed E-state index contributed by atoms with van der Waals surface area (Å²) in [5, 5.41) is 4.30. The molecule has 150 valence electrons. The van der Waals surface area contributed by atoms with E-state index in [1.807, 2.05) is 0 Å². The van der Waals surface area contributed by atoms with Crippen molar-refractivity contribution in [1.82, 2.24) is 0 Å². The predicted octanol–water partition coefficient (Wildman–Crippen LogP) is 6.87. The van der Waals surface area contributed by atoms with Crippen LogP contribution in [0.15, 0.2) is 115 Å². The van der Waals surface area contributed by atoms with Crippen LogP contribution in [0.2, 0.25) is 0 Å². The van der Waals surface area contributed by atoms with Crippen LogP contribution in [-0.2, 0) is 0 Å². The SMILES string of the molecule is CC(C)c1ccc(C(C)[P+](c2ccccc2)(c2ccccc2)c2ccccc2)cc1. The molecule has 0 nitrogen and oxygen atoms in total. The summed E-state index contributed by atoms with van der Waals surface area (Å²) in [6.45, 7) is 6.94. The lowest BCUT2D eigenvalue weighted by Gasteiger charge is -2.33. The van der Waals surface area contributed by atoms with E-state index in [0.717, 1.165) is 0 Å². The van der Waals surface area contributed by atoms with E-state index in [9.17, 15) is 0 Å². The Morgan fingerprint density at radius 3 is 1.10 bits per heavy atom. The summed E-state index contributed by atoms with van der Waals surface area (Å²) in [5.74, 6) is 0.547. The van der Waals surface area contributed by atoms with Gasteiger partial charge in [-0.15, -0.1) is 0 Å². The summed E-state index contributed by atoms with van der Waals surface area (Å²) in [7, 11) is -1.91. The molecule has 1 atom stereocenters. The average Bonchev–Trinajstić information content (AvgIpc) is 2.82. The highest BCUT2D eigenvalue weighted by atomic mass is 31.2. The molecule has 0 aromatic heterocycles. The van der Waals surface area contributed by atoms with E-state index in [1.54, 1.807) is 0 Å². The highest BCUT2D eigenvalue weighted by molar-refractivity contribution is 7.95. The van der Waals surface area contributed by atoms with Crippen molar-refractivity contribution < 1.29 is 0 Å². The molecule has 4 aromatic carbocycles. The van der Waals surface area contributed by atoms with Gasteiger partial charge in [0.15, 0.2) is 0 Å². The zero-order chi connectivity index (χ0) is 21.0. The molecule has 0 radical (unpaired) electrons. The lowest BCUT2D eigenvalue weighted by molar-refractivity contribution is 0.864. The topological polar surface area (TPSA) is 0 Å². The summed E-state index contributed by atoms with van der Waals surface area (Å²) in [4.78, 5) is 0. The number of hydrogen-bond acceptors (Lipinski definition) is 0. The first-order chi connectivity index (χ1) is 14.6. The normalized spacial score (nSPS) is 12.7. The van der Waals surface area contributed by atoms with E-state index in [2.05, 4.69) is 136 Å². The van der Waals surface area contributed by atoms with Crippen LogP contribution in [0.1, 0.15) is 43.5 Å². The summed E-state index contributed by atoms with van der Waals surface area (Å²) in [5.41, 5.74) is 3.17. The monoisotopic (exact) mass is 409 g/mol. The fraction of sp³-hybridized carbons (Fsp3) is 0.172. The van der Waals surface area contributed by atoms with Crippen LogP contribution in [-0.4, -0.2) is 0 Å². The van der Waals surface area contributed by atoms with E-state index in [0.29, 0.717) is 11.6 Å². The highest BCUT2D eigenvalue weighted by Crippen LogP contribution is 2.66. The lowest BCUT2D eigenvalue weighted by atomic mass is 10.0. The lowest BCUT2D eigenvalue weighted by Crippen LogP contribution is -2.34. The summed E-state index contributed by atoms with van der Waals surface area (Å²) < 4.78 is 0. The molecule has 1 unspecified atom stereocenters. The molecule has 0 saturated heterocycles. The van der Waals surface area contributed by atoms with Crippen LogP contribution in [0.25, 0.3) is 0 Å². The van der Waals surface area contributed by atoms with Crippen LogP contribution in [0, 0.1) is 0 Å². The van der Waals surface area contributed by atoms with Crippen LogP contribution < -0.4 is 15.9 Å². The Labute approximate surface area is 182 Å². The van der Waals surface area contributed by atoms with Gasteiger partial charge in [0.25, 0.3) is 0 Å². The minimum Gasteiger partial charge on any atom is -0.0620 e. The van der Waals surface area contributed by atoms with E-state index in [4.69, 9.17) is 0 Å². The third-order valence-electron chi connectivity index (χ3n) is 6.16. The molecule has 4 aromatic rings. The van der Waals surface area contributed by atoms with E-state index in [-0.39, 0.29) is 0 Å². The molecule has 0 aliphatic heterocycles. The van der Waals surface area contributed by atoms with Crippen LogP contribution >= 0.6 is 7.26 Å². The van der Waals surface area contributed by atoms with Gasteiger partial charge in [-0.2, -0.15) is 0 Å². The Bertz CT molecular complexity index is 955. The van der Waals surface area contributed by atoms with Crippen molar-refractivity contribution in [3.05, 3.63) is 126 Å². The molecular weight excluding hydrogens is 379 g/mol. The smallest absolute Gasteiger partial charge is 0.0620 e. The van der Waals surface area contributed by atoms with Gasteiger partial charge in [-0.25, -0.2) is 0 Å². The van der Waals surface area contributed by atoms with Gasteiger partial charge in [-0.1, -0.05) is 92.7 Å². The zero-order valence-corrected chi connectivity index (χ0v) is 19.0. The summed E-state index contributed by atoms with van der Waals surface area (Å²) >= 11 is 0. The van der Waals surface area contributed by atoms with Crippen LogP contribution in [0.3, 0.4) is 0 Å². The van der Waals surface area contributed by atoms with Crippen molar-refractivity contribution in [1.29, 1.82) is 0 Å². The maximum Gasteiger partial charge on any atom is 0.119 e. The number of benzene rings is 4. The Morgan fingerprint density at radius 1 is 0.433 bits per heavy atom. The quantitative estimate of drug-likeness (QED) is 0.305. The van der Waals surface area contributed by atoms with E-state index >= 15 is 0 Å². The maximum absolute atomic E-state index is 2.42. The predicted molar refractivity (Wildman–Crippen MR) is 134 cm³/mol. The molecule has 30 heavy (non-hydrogen) atoms. The molecule has 0 aliphatic rings. The molecule has 0 fully saturated rings. The molecule has 0 spiro atoms. The Morgan fingerprint density at radius 2 is 0.767 bits per heavy atom. The minimum atomic E-state index is -1.91. The van der Waals surface area contributed by atoms with Crippen LogP contribution in [0.5, 0.6) is 0 Å². The van der Waals surface area contributed by atoms with Gasteiger partial charge in [0.05, 0.1) is 0 Å². The molecular formula is C29H30P+. The van der Waals surface area contributed by atoms with Crippen molar-refractivity contribution in [3.8, 4) is 0 Å². The minimum absolute atomic E-state index is 0.367. The summed E-state index contributed by atoms with van der Waals surface area (Å²) in [6.07, 6.45) is 0. The standard InChI is InChI=1S/C29H30P/c1-23(2)25-19-21-26(22-20-25)24(3)30(27-13-7-4-8-14-27,28-15-9-5-10-16-28)29-17-11-6-12-18-29/h4-24H,1-3H3/q+1. The number of rotatable bonds is 6. The van der Waals surface area contributed by atoms with Gasteiger partial charge in [0.2, 0.25) is 0 Å². The molecule has 4 rings (SSSR count). The fourth-order valence-corrected chi connectivity index (χ4v) is 9.27. The third kappa shape index (κ3) is 3.73. The van der Waals surface area contributed by atoms with Crippen molar-refractivity contribution in [2.75, 3.05) is 0 Å². The second kappa shape index (κ2) is 8.99. The zero-order valence-electron chi connectivity index (χ0n) is 18.1. The van der Waals surface area contributed by atoms with Crippen LogP contribution in [0.4, 0.5) is 0 Å². The fourth-order valence-electron chi connectivity index (χ4n) is 4.49. The van der Waals surface area contributed by atoms with Gasteiger partial charge in [0.1, 0.15) is 28.8 Å². The van der Waals surface area contributed by atoms with Gasteiger partial charge in [-0.05, 0) is 60.4 Å². The van der Waals surface area contributed by atoms with Crippen molar-refractivity contribution in [2.24, 2.45) is 0 Å². The largest absolute Gasteiger partial charge is 0.119 e. The number of hydrogen-bond donors (Lipinski definition) is 0. The van der Waals surface area contributed by atoms with Crippen molar-refractivity contribution >= 4 is 23.2 Å². The first kappa shape index (κ1) is 20.6. The van der Waals surface area contributed by atoms with E-state index < -0.39 is 7.26 Å². The first-order valence-corrected chi connectivity index (χ1v) is 12.6. The molecule has 1 heteroatoms. The average molecular weight is 410 g/mol. The molecule has 0 aliphatic carbocycles. The van der Waals surface area contributed by atoms with E-state index in [1.165, 1.54) is 27.0 Å². The third-order valence-corrected chi connectivity index (χ3v) is 11.0. The molecule has 0 heterocycles.